The van der Waals surface area contributed by atoms with Crippen LogP contribution in [0.3, 0.4) is 0 Å². The van der Waals surface area contributed by atoms with Crippen molar-refractivity contribution in [3.8, 4) is 0 Å². The number of benzene rings is 1. The largest absolute Gasteiger partial charge is 0.345 e. The Hall–Kier alpha value is -2.23. The zero-order valence-electron chi connectivity index (χ0n) is 16.7. The van der Waals surface area contributed by atoms with E-state index in [0.717, 1.165) is 4.88 Å². The normalized spacial score (nSPS) is 17.7. The summed E-state index contributed by atoms with van der Waals surface area (Å²) in [5.41, 5.74) is 1.00. The zero-order valence-corrected chi connectivity index (χ0v) is 18.3. The van der Waals surface area contributed by atoms with Crippen LogP contribution in [0.4, 0.5) is 5.69 Å². The van der Waals surface area contributed by atoms with E-state index in [1.807, 2.05) is 6.92 Å². The van der Waals surface area contributed by atoms with Crippen LogP contribution in [0.15, 0.2) is 40.6 Å². The number of piperidine rings is 1. The molecule has 1 aromatic heterocycles. The van der Waals surface area contributed by atoms with Gasteiger partial charge in [0.1, 0.15) is 4.21 Å². The number of sulfonamides is 1. The lowest BCUT2D eigenvalue weighted by molar-refractivity contribution is -0.120. The molecule has 2 heterocycles. The van der Waals surface area contributed by atoms with Gasteiger partial charge in [0.25, 0.3) is 15.9 Å². The van der Waals surface area contributed by atoms with Crippen molar-refractivity contribution in [2.45, 2.75) is 24.0 Å². The molecule has 1 aliphatic heterocycles. The number of rotatable bonds is 5. The molecule has 0 aliphatic carbocycles. The smallest absolute Gasteiger partial charge is 0.253 e. The Bertz CT molecular complexity index is 1010. The van der Waals surface area contributed by atoms with Crippen molar-refractivity contribution in [2.24, 2.45) is 5.92 Å². The molecule has 1 atom stereocenters. The molecule has 1 aliphatic rings. The minimum absolute atomic E-state index is 0.151. The van der Waals surface area contributed by atoms with E-state index in [1.165, 1.54) is 20.5 Å². The molecule has 0 saturated carbocycles. The summed E-state index contributed by atoms with van der Waals surface area (Å²) in [5, 5.41) is 2.83. The summed E-state index contributed by atoms with van der Waals surface area (Å²) in [4.78, 5) is 27.3. The number of carbonyl (C=O) groups is 2. The molecule has 7 nitrogen and oxygen atoms in total. The number of carbonyl (C=O) groups excluding carboxylic acids is 2. The molecule has 156 valence electrons. The topological polar surface area (TPSA) is 86.8 Å². The molecule has 2 aromatic rings. The maximum Gasteiger partial charge on any atom is 0.253 e. The Morgan fingerprint density at radius 1 is 1.21 bits per heavy atom. The highest BCUT2D eigenvalue weighted by atomic mass is 32.2. The third-order valence-electron chi connectivity index (χ3n) is 4.85. The van der Waals surface area contributed by atoms with Gasteiger partial charge in [-0.3, -0.25) is 9.59 Å². The van der Waals surface area contributed by atoms with E-state index in [2.05, 4.69) is 5.32 Å². The summed E-state index contributed by atoms with van der Waals surface area (Å²) in [6.07, 6.45) is 1.25. The zero-order chi connectivity index (χ0) is 21.2. The molecule has 1 N–H and O–H groups in total. The molecular formula is C20H25N3O4S2. The number of aryl methyl sites for hydroxylation is 1. The van der Waals surface area contributed by atoms with Crippen LogP contribution >= 0.6 is 11.3 Å². The molecule has 0 spiro atoms. The summed E-state index contributed by atoms with van der Waals surface area (Å²) in [5.74, 6) is -0.822. The molecular weight excluding hydrogens is 410 g/mol. The maximum absolute atomic E-state index is 12.9. The second-order valence-corrected chi connectivity index (χ2v) is 10.8. The highest BCUT2D eigenvalue weighted by Gasteiger charge is 2.34. The van der Waals surface area contributed by atoms with Crippen molar-refractivity contribution < 1.29 is 18.0 Å². The summed E-state index contributed by atoms with van der Waals surface area (Å²) in [7, 11) is -0.254. The maximum atomic E-state index is 12.9. The number of hydrogen-bond donors (Lipinski definition) is 1. The minimum Gasteiger partial charge on any atom is -0.345 e. The van der Waals surface area contributed by atoms with Crippen LogP contribution in [-0.2, 0) is 14.8 Å². The molecule has 1 aromatic carbocycles. The SMILES string of the molecule is Cc1ccc(S(=O)(=O)N2CCC[C@H](C(=O)Nc3cccc(C(=O)N(C)C)c3)C2)s1. The molecule has 3 rings (SSSR count). The van der Waals surface area contributed by atoms with E-state index >= 15 is 0 Å². The van der Waals surface area contributed by atoms with Gasteiger partial charge in [0, 0.05) is 43.3 Å². The predicted octanol–water partition coefficient (Wildman–Crippen LogP) is 2.80. The fourth-order valence-corrected chi connectivity index (χ4v) is 6.25. The first-order valence-electron chi connectivity index (χ1n) is 9.37. The Labute approximate surface area is 175 Å². The number of nitrogens with zero attached hydrogens (tertiary/aromatic N) is 2. The van der Waals surface area contributed by atoms with Gasteiger partial charge < -0.3 is 10.2 Å². The lowest BCUT2D eigenvalue weighted by atomic mass is 9.98. The van der Waals surface area contributed by atoms with E-state index in [-0.39, 0.29) is 18.4 Å². The molecule has 1 fully saturated rings. The van der Waals surface area contributed by atoms with E-state index in [0.29, 0.717) is 34.8 Å². The van der Waals surface area contributed by atoms with Gasteiger partial charge in [-0.25, -0.2) is 8.42 Å². The third kappa shape index (κ3) is 4.85. The van der Waals surface area contributed by atoms with E-state index < -0.39 is 15.9 Å². The molecule has 9 heteroatoms. The van der Waals surface area contributed by atoms with Gasteiger partial charge in [-0.05, 0) is 50.1 Å². The average molecular weight is 436 g/mol. The number of nitrogens with one attached hydrogen (secondary N) is 1. The molecule has 2 amide bonds. The number of anilines is 1. The lowest BCUT2D eigenvalue weighted by Crippen LogP contribution is -2.43. The molecule has 0 bridgehead atoms. The van der Waals surface area contributed by atoms with Gasteiger partial charge in [0.05, 0.1) is 5.92 Å². The third-order valence-corrected chi connectivity index (χ3v) is 8.18. The van der Waals surface area contributed by atoms with Crippen molar-refractivity contribution in [2.75, 3.05) is 32.5 Å². The van der Waals surface area contributed by atoms with E-state index in [9.17, 15) is 18.0 Å². The summed E-state index contributed by atoms with van der Waals surface area (Å²) < 4.78 is 27.5. The van der Waals surface area contributed by atoms with Gasteiger partial charge in [0.15, 0.2) is 0 Å². The van der Waals surface area contributed by atoms with E-state index in [1.54, 1.807) is 50.5 Å². The Morgan fingerprint density at radius 2 is 1.97 bits per heavy atom. The average Bonchev–Trinajstić information content (AvgIpc) is 3.15. The summed E-state index contributed by atoms with van der Waals surface area (Å²) >= 11 is 1.24. The minimum atomic E-state index is -3.59. The molecule has 0 unspecified atom stereocenters. The predicted molar refractivity (Wildman–Crippen MR) is 114 cm³/mol. The quantitative estimate of drug-likeness (QED) is 0.782. The summed E-state index contributed by atoms with van der Waals surface area (Å²) in [6, 6.07) is 10.2. The van der Waals surface area contributed by atoms with Crippen LogP contribution in [0.1, 0.15) is 28.1 Å². The van der Waals surface area contributed by atoms with Crippen molar-refractivity contribution in [1.82, 2.24) is 9.21 Å². The molecule has 29 heavy (non-hydrogen) atoms. The van der Waals surface area contributed by atoms with Gasteiger partial charge in [0.2, 0.25) is 5.91 Å². The van der Waals surface area contributed by atoms with Gasteiger partial charge in [-0.2, -0.15) is 4.31 Å². The lowest BCUT2D eigenvalue weighted by Gasteiger charge is -2.30. The van der Waals surface area contributed by atoms with Crippen LogP contribution in [0.5, 0.6) is 0 Å². The molecule has 1 saturated heterocycles. The molecule has 0 radical (unpaired) electrons. The highest BCUT2D eigenvalue weighted by molar-refractivity contribution is 7.91. The van der Waals surface area contributed by atoms with Crippen LogP contribution in [0.25, 0.3) is 0 Å². The first kappa shape index (κ1) is 21.5. The monoisotopic (exact) mass is 435 g/mol. The number of thiophene rings is 1. The fourth-order valence-electron chi connectivity index (χ4n) is 3.29. The van der Waals surface area contributed by atoms with Crippen molar-refractivity contribution >= 4 is 38.9 Å². The van der Waals surface area contributed by atoms with Crippen molar-refractivity contribution in [3.63, 3.8) is 0 Å². The standard InChI is InChI=1S/C20H25N3O4S2/c1-14-9-10-18(28-14)29(26,27)23-11-5-7-16(13-23)19(24)21-17-8-4-6-15(12-17)20(25)22(2)3/h4,6,8-10,12,16H,5,7,11,13H2,1-3H3,(H,21,24)/t16-/m0/s1. The highest BCUT2D eigenvalue weighted by Crippen LogP contribution is 2.28. The Kier molecular flexibility index (Phi) is 6.40. The van der Waals surface area contributed by atoms with Crippen LogP contribution in [-0.4, -0.2) is 56.6 Å². The number of amides is 2. The van der Waals surface area contributed by atoms with Crippen LogP contribution in [0, 0.1) is 12.8 Å². The first-order chi connectivity index (χ1) is 13.7. The Morgan fingerprint density at radius 3 is 2.62 bits per heavy atom. The van der Waals surface area contributed by atoms with Crippen molar-refractivity contribution in [3.05, 3.63) is 46.8 Å². The second-order valence-electron chi connectivity index (χ2n) is 7.34. The van der Waals surface area contributed by atoms with Crippen LogP contribution in [0.2, 0.25) is 0 Å². The summed E-state index contributed by atoms with van der Waals surface area (Å²) in [6.45, 7) is 2.43. The fraction of sp³-hybridized carbons (Fsp3) is 0.400. The van der Waals surface area contributed by atoms with Crippen LogP contribution < -0.4 is 5.32 Å². The Balaban J connectivity index is 1.70. The van der Waals surface area contributed by atoms with Gasteiger partial charge in [-0.1, -0.05) is 6.07 Å². The van der Waals surface area contributed by atoms with Crippen molar-refractivity contribution in [1.29, 1.82) is 0 Å². The second kappa shape index (κ2) is 8.64. The van der Waals surface area contributed by atoms with E-state index in [4.69, 9.17) is 0 Å². The number of hydrogen-bond acceptors (Lipinski definition) is 5. The van der Waals surface area contributed by atoms with Gasteiger partial charge >= 0.3 is 0 Å². The first-order valence-corrected chi connectivity index (χ1v) is 11.6. The van der Waals surface area contributed by atoms with Gasteiger partial charge in [-0.15, -0.1) is 11.3 Å².